The van der Waals surface area contributed by atoms with Crippen LogP contribution in [0.3, 0.4) is 0 Å². The summed E-state index contributed by atoms with van der Waals surface area (Å²) in [6.45, 7) is 6.79. The molecule has 0 aliphatic heterocycles. The molecule has 0 bridgehead atoms. The lowest BCUT2D eigenvalue weighted by Gasteiger charge is -2.13. The molecule has 9 nitrogen and oxygen atoms in total. The predicted molar refractivity (Wildman–Crippen MR) is 89.0 cm³/mol. The standard InChI is InChI=1S/C15H21N7O2/c1-3-4-8-22(17)21(2)15-20-13(10-24-15)12-7-5-6-11(19-12)9-18-14(16)23/h5-7,10H,2-4,8-9,17H2,1H3,(H2-,16,18,23)/p+1. The quantitative estimate of drug-likeness (QED) is 0.288. The fourth-order valence-corrected chi connectivity index (χ4v) is 1.95. The Hall–Kier alpha value is -2.94. The highest BCUT2D eigenvalue weighted by atomic mass is 16.4. The van der Waals surface area contributed by atoms with E-state index in [-0.39, 0.29) is 12.6 Å². The number of hydrogen-bond acceptors (Lipinski definition) is 6. The van der Waals surface area contributed by atoms with Gasteiger partial charge >= 0.3 is 12.0 Å². The Bertz CT molecular complexity index is 713. The average Bonchev–Trinajstić information content (AvgIpc) is 3.07. The number of amides is 2. The molecule has 24 heavy (non-hydrogen) atoms. The summed E-state index contributed by atoms with van der Waals surface area (Å²) in [7, 11) is 0. The number of rotatable bonds is 8. The molecule has 2 heterocycles. The number of oxazole rings is 1. The molecule has 9 heteroatoms. The summed E-state index contributed by atoms with van der Waals surface area (Å²) >= 11 is 0. The second-order valence-electron chi connectivity index (χ2n) is 5.16. The van der Waals surface area contributed by atoms with Gasteiger partial charge in [0.25, 0.3) is 0 Å². The molecular formula is C15H22N7O2+. The Morgan fingerprint density at radius 2 is 2.21 bits per heavy atom. The van der Waals surface area contributed by atoms with Gasteiger partial charge in [-0.3, -0.25) is 0 Å². The van der Waals surface area contributed by atoms with Crippen molar-refractivity contribution >= 4 is 18.8 Å². The Kier molecular flexibility index (Phi) is 5.85. The summed E-state index contributed by atoms with van der Waals surface area (Å²) in [5.41, 5.74) is 6.87. The number of carbonyl (C=O) groups is 1. The molecule has 0 radical (unpaired) electrons. The first-order valence-electron chi connectivity index (χ1n) is 7.59. The molecule has 5 N–H and O–H groups in total. The van der Waals surface area contributed by atoms with E-state index < -0.39 is 6.03 Å². The van der Waals surface area contributed by atoms with Gasteiger partial charge < -0.3 is 15.5 Å². The summed E-state index contributed by atoms with van der Waals surface area (Å²) < 4.78 is 6.82. The third-order valence-electron chi connectivity index (χ3n) is 3.28. The zero-order valence-electron chi connectivity index (χ0n) is 13.6. The summed E-state index contributed by atoms with van der Waals surface area (Å²) in [6, 6.07) is 5.05. The van der Waals surface area contributed by atoms with Crippen molar-refractivity contribution in [2.45, 2.75) is 26.3 Å². The number of nitrogens with zero attached hydrogens (tertiary/aromatic N) is 4. The monoisotopic (exact) mass is 332 g/mol. The van der Waals surface area contributed by atoms with E-state index in [4.69, 9.17) is 16.0 Å². The topological polar surface area (TPSA) is 126 Å². The minimum absolute atomic E-state index is 0.239. The molecule has 128 valence electrons. The molecule has 0 aliphatic rings. The number of aromatic nitrogens is 2. The van der Waals surface area contributed by atoms with Crippen LogP contribution in [0.15, 0.2) is 28.9 Å². The fourth-order valence-electron chi connectivity index (χ4n) is 1.95. The Balaban J connectivity index is 2.11. The van der Waals surface area contributed by atoms with Gasteiger partial charge in [-0.05, 0) is 18.6 Å². The number of nitrogens with one attached hydrogen (secondary N) is 1. The Morgan fingerprint density at radius 1 is 1.42 bits per heavy atom. The smallest absolute Gasteiger partial charge is 0.390 e. The summed E-state index contributed by atoms with van der Waals surface area (Å²) in [5.74, 6) is 5.90. The maximum absolute atomic E-state index is 10.8. The van der Waals surface area contributed by atoms with Crippen LogP contribution in [0, 0.1) is 0 Å². The minimum Gasteiger partial charge on any atom is -0.390 e. The summed E-state index contributed by atoms with van der Waals surface area (Å²) in [4.78, 5) is 19.5. The van der Waals surface area contributed by atoms with Crippen LogP contribution >= 0.6 is 0 Å². The third kappa shape index (κ3) is 4.53. The van der Waals surface area contributed by atoms with Crippen molar-refractivity contribution < 1.29 is 13.9 Å². The van der Waals surface area contributed by atoms with E-state index in [9.17, 15) is 4.79 Å². The molecular weight excluding hydrogens is 310 g/mol. The number of hydrazine groups is 2. The van der Waals surface area contributed by atoms with Gasteiger partial charge in [-0.15, -0.1) is 0 Å². The largest absolute Gasteiger partial charge is 0.528 e. The molecule has 0 aromatic carbocycles. The van der Waals surface area contributed by atoms with E-state index in [1.165, 1.54) is 16.1 Å². The van der Waals surface area contributed by atoms with Crippen molar-refractivity contribution in [1.82, 2.24) is 20.4 Å². The molecule has 2 aromatic heterocycles. The predicted octanol–water partition coefficient (Wildman–Crippen LogP) is 1.14. The number of hydrazone groups is 1. The van der Waals surface area contributed by atoms with E-state index >= 15 is 0 Å². The lowest BCUT2D eigenvalue weighted by Crippen LogP contribution is -2.38. The number of hydrogen-bond donors (Lipinski definition) is 3. The minimum atomic E-state index is -0.603. The van der Waals surface area contributed by atoms with Crippen molar-refractivity contribution in [3.63, 3.8) is 0 Å². The van der Waals surface area contributed by atoms with Gasteiger partial charge in [-0.2, -0.15) is 5.12 Å². The molecule has 2 amide bonds. The van der Waals surface area contributed by atoms with Crippen LogP contribution in [-0.4, -0.2) is 39.1 Å². The SMILES string of the molecule is C=[N+](c1nc(-c2cccc(CNC(N)=O)n2)co1)N(N)CCCC. The number of primary amides is 1. The number of urea groups is 1. The number of nitrogens with two attached hydrogens (primary N) is 2. The molecule has 0 atom stereocenters. The molecule has 0 saturated carbocycles. The van der Waals surface area contributed by atoms with E-state index in [1.54, 1.807) is 12.1 Å². The first-order valence-corrected chi connectivity index (χ1v) is 7.59. The van der Waals surface area contributed by atoms with Gasteiger partial charge in [0.1, 0.15) is 5.69 Å². The molecule has 0 unspecified atom stereocenters. The van der Waals surface area contributed by atoms with Crippen LogP contribution in [0.5, 0.6) is 0 Å². The molecule has 2 aromatic rings. The van der Waals surface area contributed by atoms with Crippen LogP contribution < -0.4 is 16.9 Å². The van der Waals surface area contributed by atoms with Crippen molar-refractivity contribution in [3.05, 3.63) is 30.2 Å². The first-order chi connectivity index (χ1) is 11.5. The van der Waals surface area contributed by atoms with Crippen LogP contribution in [0.4, 0.5) is 10.8 Å². The molecule has 0 saturated heterocycles. The fraction of sp³-hybridized carbons (Fsp3) is 0.333. The molecule has 2 rings (SSSR count). The number of unbranched alkanes of at least 4 members (excludes halogenated alkanes) is 1. The number of carbonyl (C=O) groups excluding carboxylic acids is 1. The summed E-state index contributed by atoms with van der Waals surface area (Å²) in [5, 5.41) is 3.93. The highest BCUT2D eigenvalue weighted by Crippen LogP contribution is 2.20. The van der Waals surface area contributed by atoms with Crippen LogP contribution in [0.2, 0.25) is 0 Å². The zero-order valence-corrected chi connectivity index (χ0v) is 13.6. The van der Waals surface area contributed by atoms with Crippen molar-refractivity contribution in [2.75, 3.05) is 6.54 Å². The maximum Gasteiger partial charge on any atom is 0.528 e. The number of pyridine rings is 1. The molecule has 0 aliphatic carbocycles. The second kappa shape index (κ2) is 8.06. The lowest BCUT2D eigenvalue weighted by atomic mass is 10.2. The first kappa shape index (κ1) is 17.4. The van der Waals surface area contributed by atoms with Gasteiger partial charge in [0.2, 0.25) is 5.69 Å². The van der Waals surface area contributed by atoms with E-state index in [0.717, 1.165) is 12.8 Å². The molecule has 0 fully saturated rings. The van der Waals surface area contributed by atoms with Gasteiger partial charge in [0.05, 0.1) is 25.5 Å². The van der Waals surface area contributed by atoms with Crippen LogP contribution in [-0.2, 0) is 6.54 Å². The van der Waals surface area contributed by atoms with Crippen molar-refractivity contribution in [3.8, 4) is 11.4 Å². The second-order valence-corrected chi connectivity index (χ2v) is 5.16. The van der Waals surface area contributed by atoms with E-state index in [1.807, 2.05) is 6.07 Å². The van der Waals surface area contributed by atoms with E-state index in [0.29, 0.717) is 23.6 Å². The maximum atomic E-state index is 10.8. The van der Waals surface area contributed by atoms with Crippen molar-refractivity contribution in [1.29, 1.82) is 0 Å². The summed E-state index contributed by atoms with van der Waals surface area (Å²) in [6.07, 6.45) is 3.44. The van der Waals surface area contributed by atoms with Crippen LogP contribution in [0.1, 0.15) is 25.5 Å². The normalized spacial score (nSPS) is 10.4. The Morgan fingerprint density at radius 3 is 2.92 bits per heavy atom. The highest BCUT2D eigenvalue weighted by Gasteiger charge is 2.22. The zero-order chi connectivity index (χ0) is 17.5. The molecule has 0 spiro atoms. The van der Waals surface area contributed by atoms with E-state index in [2.05, 4.69) is 28.9 Å². The lowest BCUT2D eigenvalue weighted by molar-refractivity contribution is -0.632. The van der Waals surface area contributed by atoms with Gasteiger partial charge in [0, 0.05) is 4.98 Å². The van der Waals surface area contributed by atoms with Crippen LogP contribution in [0.25, 0.3) is 11.4 Å². The van der Waals surface area contributed by atoms with Crippen molar-refractivity contribution in [2.24, 2.45) is 11.6 Å². The van der Waals surface area contributed by atoms with Gasteiger partial charge in [-0.25, -0.2) is 15.6 Å². The Labute approximate surface area is 139 Å². The highest BCUT2D eigenvalue weighted by molar-refractivity contribution is 5.71. The third-order valence-corrected chi connectivity index (χ3v) is 3.28. The van der Waals surface area contributed by atoms with Gasteiger partial charge in [0.15, 0.2) is 6.26 Å². The average molecular weight is 332 g/mol. The van der Waals surface area contributed by atoms with Gasteiger partial charge in [-0.1, -0.05) is 24.1 Å².